The molecule has 4 nitrogen and oxygen atoms in total. The van der Waals surface area contributed by atoms with Crippen molar-refractivity contribution in [2.24, 2.45) is 0 Å². The smallest absolute Gasteiger partial charge is 0.257 e. The summed E-state index contributed by atoms with van der Waals surface area (Å²) in [5.41, 5.74) is 7.61. The van der Waals surface area contributed by atoms with Gasteiger partial charge in [-0.2, -0.15) is 0 Å². The molecule has 1 heterocycles. The second kappa shape index (κ2) is 4.85. The van der Waals surface area contributed by atoms with Gasteiger partial charge in [0.05, 0.1) is 5.69 Å². The number of benzene rings is 1. The molecule has 2 rings (SSSR count). The summed E-state index contributed by atoms with van der Waals surface area (Å²) in [5, 5.41) is 5.19. The minimum Gasteiger partial charge on any atom is -0.399 e. The van der Waals surface area contributed by atoms with Crippen molar-refractivity contribution in [2.45, 2.75) is 6.92 Å². The van der Waals surface area contributed by atoms with Crippen LogP contribution in [0.2, 0.25) is 0 Å². The molecule has 2 aromatic rings. The van der Waals surface area contributed by atoms with Crippen LogP contribution in [0.4, 0.5) is 10.8 Å². The van der Waals surface area contributed by atoms with Gasteiger partial charge in [-0.3, -0.25) is 10.1 Å². The maximum Gasteiger partial charge on any atom is 0.257 e. The summed E-state index contributed by atoms with van der Waals surface area (Å²) in [7, 11) is 0. The van der Waals surface area contributed by atoms with Gasteiger partial charge in [-0.25, -0.2) is 4.98 Å². The second-order valence-electron chi connectivity index (χ2n) is 3.52. The monoisotopic (exact) mass is 311 g/mol. The zero-order valence-electron chi connectivity index (χ0n) is 9.03. The van der Waals surface area contributed by atoms with Crippen molar-refractivity contribution >= 4 is 44.0 Å². The average Bonchev–Trinajstić information content (AvgIpc) is 2.62. The number of rotatable bonds is 2. The molecule has 0 spiro atoms. The minimum absolute atomic E-state index is 0.215. The topological polar surface area (TPSA) is 68.0 Å². The molecule has 1 aromatic heterocycles. The molecule has 0 bridgehead atoms. The molecule has 3 N–H and O–H groups in total. The highest BCUT2D eigenvalue weighted by Crippen LogP contribution is 2.20. The Balaban J connectivity index is 2.19. The maximum atomic E-state index is 11.9. The molecule has 0 saturated heterocycles. The van der Waals surface area contributed by atoms with Gasteiger partial charge in [0.1, 0.15) is 0 Å². The van der Waals surface area contributed by atoms with Gasteiger partial charge in [-0.1, -0.05) is 15.9 Å². The van der Waals surface area contributed by atoms with E-state index in [2.05, 4.69) is 26.2 Å². The van der Waals surface area contributed by atoms with E-state index in [1.54, 1.807) is 18.2 Å². The van der Waals surface area contributed by atoms with Crippen molar-refractivity contribution in [2.75, 3.05) is 11.1 Å². The van der Waals surface area contributed by atoms with Crippen molar-refractivity contribution in [3.8, 4) is 0 Å². The summed E-state index contributed by atoms with van der Waals surface area (Å²) in [6.07, 6.45) is 0. The first kappa shape index (κ1) is 12.1. The number of nitrogens with one attached hydrogen (secondary N) is 1. The number of carbonyl (C=O) groups is 1. The Labute approximate surface area is 111 Å². The number of thiazole rings is 1. The van der Waals surface area contributed by atoms with Gasteiger partial charge < -0.3 is 5.73 Å². The van der Waals surface area contributed by atoms with E-state index in [1.807, 2.05) is 12.3 Å². The van der Waals surface area contributed by atoms with Crippen molar-refractivity contribution in [3.05, 3.63) is 39.3 Å². The van der Waals surface area contributed by atoms with Gasteiger partial charge in [0, 0.05) is 21.1 Å². The predicted octanol–water partition coefficient (Wildman–Crippen LogP) is 3.05. The summed E-state index contributed by atoms with van der Waals surface area (Å²) < 4.78 is 0.776. The normalized spacial score (nSPS) is 10.2. The van der Waals surface area contributed by atoms with Crippen LogP contribution in [0.1, 0.15) is 16.1 Å². The highest BCUT2D eigenvalue weighted by molar-refractivity contribution is 9.10. The number of nitrogen functional groups attached to an aromatic ring is 1. The van der Waals surface area contributed by atoms with E-state index in [9.17, 15) is 4.79 Å². The molecule has 0 aliphatic rings. The molecular formula is C11H10BrN3OS. The van der Waals surface area contributed by atoms with Gasteiger partial charge >= 0.3 is 0 Å². The number of anilines is 2. The third-order valence-corrected chi connectivity index (χ3v) is 3.36. The first-order valence-electron chi connectivity index (χ1n) is 4.84. The Morgan fingerprint density at radius 3 is 2.82 bits per heavy atom. The molecule has 0 atom stereocenters. The summed E-state index contributed by atoms with van der Waals surface area (Å²) in [6, 6.07) is 5.08. The molecule has 0 radical (unpaired) electrons. The van der Waals surface area contributed by atoms with Gasteiger partial charge in [0.25, 0.3) is 5.91 Å². The Kier molecular flexibility index (Phi) is 3.44. The van der Waals surface area contributed by atoms with Gasteiger partial charge in [0.2, 0.25) is 0 Å². The fourth-order valence-electron chi connectivity index (χ4n) is 1.32. The Bertz CT molecular complexity index is 547. The van der Waals surface area contributed by atoms with Crippen molar-refractivity contribution in [1.82, 2.24) is 4.98 Å². The Hall–Kier alpha value is -1.40. The quantitative estimate of drug-likeness (QED) is 0.838. The van der Waals surface area contributed by atoms with E-state index in [0.717, 1.165) is 10.2 Å². The number of nitrogens with two attached hydrogens (primary N) is 1. The summed E-state index contributed by atoms with van der Waals surface area (Å²) in [5.74, 6) is -0.215. The molecular weight excluding hydrogens is 302 g/mol. The lowest BCUT2D eigenvalue weighted by molar-refractivity contribution is 0.102. The number of aryl methyl sites for hydroxylation is 1. The van der Waals surface area contributed by atoms with Gasteiger partial charge in [-0.05, 0) is 25.1 Å². The number of hydrogen-bond donors (Lipinski definition) is 2. The van der Waals surface area contributed by atoms with E-state index in [4.69, 9.17) is 5.73 Å². The Morgan fingerprint density at radius 1 is 1.47 bits per heavy atom. The van der Waals surface area contributed by atoms with Crippen LogP contribution in [0.5, 0.6) is 0 Å². The average molecular weight is 312 g/mol. The fraction of sp³-hybridized carbons (Fsp3) is 0.0909. The molecule has 88 valence electrons. The number of carbonyl (C=O) groups excluding carboxylic acids is 1. The van der Waals surface area contributed by atoms with Crippen LogP contribution in [0.3, 0.4) is 0 Å². The van der Waals surface area contributed by atoms with E-state index in [-0.39, 0.29) is 5.91 Å². The SMILES string of the molecule is Cc1csc(NC(=O)c2cc(N)cc(Br)c2)n1. The van der Waals surface area contributed by atoms with E-state index < -0.39 is 0 Å². The lowest BCUT2D eigenvalue weighted by Crippen LogP contribution is -2.12. The molecule has 1 amide bonds. The largest absolute Gasteiger partial charge is 0.399 e. The first-order chi connectivity index (χ1) is 8.04. The number of aromatic nitrogens is 1. The molecule has 0 aliphatic heterocycles. The number of nitrogens with zero attached hydrogens (tertiary/aromatic N) is 1. The highest BCUT2D eigenvalue weighted by Gasteiger charge is 2.09. The highest BCUT2D eigenvalue weighted by atomic mass is 79.9. The zero-order valence-corrected chi connectivity index (χ0v) is 11.4. The molecule has 6 heteroatoms. The van der Waals surface area contributed by atoms with Crippen LogP contribution < -0.4 is 11.1 Å². The lowest BCUT2D eigenvalue weighted by atomic mass is 10.2. The van der Waals surface area contributed by atoms with Crippen LogP contribution >= 0.6 is 27.3 Å². The zero-order chi connectivity index (χ0) is 12.4. The number of hydrogen-bond acceptors (Lipinski definition) is 4. The van der Waals surface area contributed by atoms with Crippen LogP contribution in [-0.4, -0.2) is 10.9 Å². The summed E-state index contributed by atoms with van der Waals surface area (Å²) >= 11 is 4.69. The van der Waals surface area contributed by atoms with E-state index in [1.165, 1.54) is 11.3 Å². The van der Waals surface area contributed by atoms with Crippen LogP contribution in [-0.2, 0) is 0 Å². The van der Waals surface area contributed by atoms with Crippen molar-refractivity contribution in [1.29, 1.82) is 0 Å². The lowest BCUT2D eigenvalue weighted by Gasteiger charge is -2.03. The molecule has 17 heavy (non-hydrogen) atoms. The maximum absolute atomic E-state index is 11.9. The van der Waals surface area contributed by atoms with Gasteiger partial charge in [0.15, 0.2) is 5.13 Å². The van der Waals surface area contributed by atoms with Crippen LogP contribution in [0.25, 0.3) is 0 Å². The summed E-state index contributed by atoms with van der Waals surface area (Å²) in [4.78, 5) is 16.1. The molecule has 0 unspecified atom stereocenters. The van der Waals surface area contributed by atoms with E-state index >= 15 is 0 Å². The first-order valence-corrected chi connectivity index (χ1v) is 6.51. The third kappa shape index (κ3) is 3.04. The van der Waals surface area contributed by atoms with Gasteiger partial charge in [-0.15, -0.1) is 11.3 Å². The third-order valence-electron chi connectivity index (χ3n) is 2.02. The standard InChI is InChI=1S/C11H10BrN3OS/c1-6-5-17-11(14-6)15-10(16)7-2-8(12)4-9(13)3-7/h2-5H,13H2,1H3,(H,14,15,16). The molecule has 1 aromatic carbocycles. The predicted molar refractivity (Wildman–Crippen MR) is 73.4 cm³/mol. The van der Waals surface area contributed by atoms with Crippen molar-refractivity contribution < 1.29 is 4.79 Å². The molecule has 0 fully saturated rings. The number of amides is 1. The van der Waals surface area contributed by atoms with Crippen LogP contribution in [0, 0.1) is 6.92 Å². The number of halogens is 1. The molecule has 0 saturated carbocycles. The molecule has 0 aliphatic carbocycles. The minimum atomic E-state index is -0.215. The summed E-state index contributed by atoms with van der Waals surface area (Å²) in [6.45, 7) is 1.88. The fourth-order valence-corrected chi connectivity index (χ4v) is 2.52. The van der Waals surface area contributed by atoms with Crippen LogP contribution in [0.15, 0.2) is 28.1 Å². The van der Waals surface area contributed by atoms with E-state index in [0.29, 0.717) is 16.4 Å². The second-order valence-corrected chi connectivity index (χ2v) is 5.30. The Morgan fingerprint density at radius 2 is 2.24 bits per heavy atom. The van der Waals surface area contributed by atoms with Crippen molar-refractivity contribution in [3.63, 3.8) is 0 Å².